The molecule has 1 amide bonds. The van der Waals surface area contributed by atoms with E-state index < -0.39 is 11.5 Å². The first kappa shape index (κ1) is 21.8. The average molecular weight is 414 g/mol. The summed E-state index contributed by atoms with van der Waals surface area (Å²) in [6.45, 7) is 8.42. The van der Waals surface area contributed by atoms with Gasteiger partial charge in [0, 0.05) is 36.9 Å². The highest BCUT2D eigenvalue weighted by Crippen LogP contribution is 2.28. The molecule has 9 nitrogen and oxygen atoms in total. The summed E-state index contributed by atoms with van der Waals surface area (Å²) < 4.78 is 0. The number of hydrogen-bond donors (Lipinski definition) is 3. The van der Waals surface area contributed by atoms with E-state index in [1.54, 1.807) is 6.21 Å². The van der Waals surface area contributed by atoms with E-state index in [4.69, 9.17) is 0 Å². The van der Waals surface area contributed by atoms with Gasteiger partial charge in [0.15, 0.2) is 0 Å². The van der Waals surface area contributed by atoms with Gasteiger partial charge in [0.2, 0.25) is 5.69 Å². The minimum atomic E-state index is -0.582. The lowest BCUT2D eigenvalue weighted by Gasteiger charge is -2.46. The molecule has 0 unspecified atom stereocenters. The van der Waals surface area contributed by atoms with Crippen molar-refractivity contribution in [2.24, 2.45) is 5.10 Å². The Morgan fingerprint density at radius 1 is 1.20 bits per heavy atom. The number of aromatic amines is 1. The molecule has 3 N–H and O–H groups in total. The Morgan fingerprint density at radius 2 is 1.80 bits per heavy atom. The third kappa shape index (κ3) is 5.15. The van der Waals surface area contributed by atoms with Crippen molar-refractivity contribution in [3.05, 3.63) is 45.9 Å². The van der Waals surface area contributed by atoms with E-state index >= 15 is 0 Å². The van der Waals surface area contributed by atoms with Crippen LogP contribution in [0.1, 0.15) is 56.6 Å². The molecule has 2 heterocycles. The zero-order valence-corrected chi connectivity index (χ0v) is 18.5. The Morgan fingerprint density at radius 3 is 2.37 bits per heavy atom. The Labute approximate surface area is 176 Å². The number of nitrogens with one attached hydrogen (secondary N) is 3. The van der Waals surface area contributed by atoms with Crippen LogP contribution in [0.5, 0.6) is 0 Å². The molecule has 1 aliphatic rings. The van der Waals surface area contributed by atoms with Crippen LogP contribution in [0.2, 0.25) is 0 Å². The molecule has 0 atom stereocenters. The van der Waals surface area contributed by atoms with Gasteiger partial charge in [-0.05, 0) is 58.2 Å². The zero-order valence-electron chi connectivity index (χ0n) is 18.5. The predicted molar refractivity (Wildman–Crippen MR) is 118 cm³/mol. The fourth-order valence-electron chi connectivity index (χ4n) is 4.18. The normalized spacial score (nSPS) is 18.5. The van der Waals surface area contributed by atoms with Gasteiger partial charge in [-0.25, -0.2) is 0 Å². The molecule has 2 aromatic rings. The van der Waals surface area contributed by atoms with E-state index in [9.17, 15) is 9.59 Å². The second-order valence-electron chi connectivity index (χ2n) is 9.38. The number of benzene rings is 1. The maximum atomic E-state index is 12.7. The summed E-state index contributed by atoms with van der Waals surface area (Å²) in [6.07, 6.45) is 3.07. The van der Waals surface area contributed by atoms with Crippen molar-refractivity contribution in [3.8, 4) is 0 Å². The van der Waals surface area contributed by atoms with Crippen LogP contribution in [0.4, 0.5) is 5.69 Å². The highest BCUT2D eigenvalue weighted by atomic mass is 16.2. The molecular weight excluding hydrogens is 382 g/mol. The zero-order chi connectivity index (χ0) is 22.1. The van der Waals surface area contributed by atoms with Crippen LogP contribution >= 0.6 is 0 Å². The average Bonchev–Trinajstić information content (AvgIpc) is 2.98. The maximum Gasteiger partial charge on any atom is 0.320 e. The van der Waals surface area contributed by atoms with Gasteiger partial charge in [-0.1, -0.05) is 12.1 Å². The lowest BCUT2D eigenvalue weighted by Crippen LogP contribution is -2.62. The van der Waals surface area contributed by atoms with Gasteiger partial charge in [-0.2, -0.15) is 10.3 Å². The largest absolute Gasteiger partial charge is 0.378 e. The third-order valence-electron chi connectivity index (χ3n) is 5.12. The summed E-state index contributed by atoms with van der Waals surface area (Å²) in [5, 5.41) is 17.0. The predicted octanol–water partition coefficient (Wildman–Crippen LogP) is 1.56. The number of rotatable bonds is 5. The van der Waals surface area contributed by atoms with Gasteiger partial charge in [-0.15, -0.1) is 9.89 Å². The number of hydrogen-bond acceptors (Lipinski definition) is 6. The molecule has 1 saturated heterocycles. The molecule has 1 fully saturated rings. The number of amides is 1. The van der Waals surface area contributed by atoms with Gasteiger partial charge in [-0.3, -0.25) is 9.59 Å². The molecule has 1 aliphatic heterocycles. The summed E-state index contributed by atoms with van der Waals surface area (Å²) in [4.78, 5) is 28.2. The van der Waals surface area contributed by atoms with E-state index in [0.29, 0.717) is 0 Å². The molecule has 0 aliphatic carbocycles. The molecule has 0 spiro atoms. The van der Waals surface area contributed by atoms with Crippen LogP contribution in [-0.4, -0.2) is 58.4 Å². The molecule has 1 aromatic heterocycles. The topological polar surface area (TPSA) is 107 Å². The van der Waals surface area contributed by atoms with Crippen LogP contribution < -0.4 is 21.1 Å². The maximum absolute atomic E-state index is 12.7. The van der Waals surface area contributed by atoms with E-state index in [-0.39, 0.29) is 22.8 Å². The number of anilines is 1. The highest BCUT2D eigenvalue weighted by Gasteiger charge is 2.38. The van der Waals surface area contributed by atoms with E-state index in [0.717, 1.165) is 28.9 Å². The second kappa shape index (κ2) is 8.06. The smallest absolute Gasteiger partial charge is 0.320 e. The molecule has 0 saturated carbocycles. The number of H-pyrrole nitrogens is 1. The number of aromatic nitrogens is 3. The third-order valence-corrected chi connectivity index (χ3v) is 5.12. The number of carbonyl (C=O) groups is 1. The highest BCUT2D eigenvalue weighted by molar-refractivity contribution is 5.92. The fraction of sp³-hybridized carbons (Fsp3) is 0.524. The van der Waals surface area contributed by atoms with E-state index in [2.05, 4.69) is 53.7 Å². The van der Waals surface area contributed by atoms with Crippen LogP contribution in [0.15, 0.2) is 34.2 Å². The lowest BCUT2D eigenvalue weighted by atomic mass is 9.79. The fourth-order valence-corrected chi connectivity index (χ4v) is 4.18. The summed E-state index contributed by atoms with van der Waals surface area (Å²) >= 11 is 0. The monoisotopic (exact) mass is 413 g/mol. The van der Waals surface area contributed by atoms with Crippen LogP contribution in [0, 0.1) is 0 Å². The van der Waals surface area contributed by atoms with Crippen molar-refractivity contribution >= 4 is 17.8 Å². The second-order valence-corrected chi connectivity index (χ2v) is 9.38. The van der Waals surface area contributed by atoms with Gasteiger partial charge < -0.3 is 15.5 Å². The van der Waals surface area contributed by atoms with Crippen LogP contribution in [-0.2, 0) is 0 Å². The first-order chi connectivity index (χ1) is 14.0. The summed E-state index contributed by atoms with van der Waals surface area (Å²) in [5.74, 6) is -0.487. The Hall–Kier alpha value is -2.94. The molecule has 162 valence electrons. The lowest BCUT2D eigenvalue weighted by molar-refractivity contribution is 0.0867. The molecule has 30 heavy (non-hydrogen) atoms. The SMILES string of the molecule is CN(C)c1ccc(C=Nn2[nH]nc(C(=O)NC3CC(C)(C)NC(C)(C)C3)c2=O)cc1. The Balaban J connectivity index is 1.70. The van der Waals surface area contributed by atoms with Crippen molar-refractivity contribution in [3.63, 3.8) is 0 Å². The van der Waals surface area contributed by atoms with Gasteiger partial charge >= 0.3 is 5.56 Å². The van der Waals surface area contributed by atoms with Crippen LogP contribution in [0.25, 0.3) is 0 Å². The first-order valence-corrected chi connectivity index (χ1v) is 10.1. The van der Waals surface area contributed by atoms with Crippen molar-refractivity contribution in [2.45, 2.75) is 57.7 Å². The minimum absolute atomic E-state index is 0.0491. The molecular formula is C21H31N7O2. The molecule has 3 rings (SSSR count). The van der Waals surface area contributed by atoms with Gasteiger partial charge in [0.25, 0.3) is 5.91 Å². The van der Waals surface area contributed by atoms with Crippen LogP contribution in [0.3, 0.4) is 0 Å². The van der Waals surface area contributed by atoms with Crippen molar-refractivity contribution in [1.29, 1.82) is 0 Å². The van der Waals surface area contributed by atoms with E-state index in [1.807, 2.05) is 43.3 Å². The molecule has 0 radical (unpaired) electrons. The number of carbonyl (C=O) groups excluding carboxylic acids is 1. The van der Waals surface area contributed by atoms with E-state index in [1.165, 1.54) is 0 Å². The molecule has 9 heteroatoms. The Kier molecular flexibility index (Phi) is 5.85. The Bertz CT molecular complexity index is 968. The quantitative estimate of drug-likeness (QED) is 0.645. The molecule has 1 aromatic carbocycles. The summed E-state index contributed by atoms with van der Waals surface area (Å²) in [6, 6.07) is 7.66. The summed E-state index contributed by atoms with van der Waals surface area (Å²) in [5.41, 5.74) is 0.891. The van der Waals surface area contributed by atoms with Gasteiger partial charge in [0.05, 0.1) is 6.21 Å². The number of nitrogens with zero attached hydrogens (tertiary/aromatic N) is 4. The van der Waals surface area contributed by atoms with Crippen molar-refractivity contribution in [1.82, 2.24) is 25.7 Å². The minimum Gasteiger partial charge on any atom is -0.378 e. The van der Waals surface area contributed by atoms with Gasteiger partial charge in [0.1, 0.15) is 0 Å². The summed E-state index contributed by atoms with van der Waals surface area (Å²) in [7, 11) is 3.93. The number of piperidine rings is 1. The standard InChI is InChI=1S/C21H31N7O2/c1-20(2)11-15(12-21(3,4)25-20)23-18(29)17-19(30)28(26-24-17)22-13-14-7-9-16(10-8-14)27(5)6/h7-10,13,15,25-26H,11-12H2,1-6H3,(H,23,29). The van der Waals surface area contributed by atoms with Crippen molar-refractivity contribution in [2.75, 3.05) is 19.0 Å². The first-order valence-electron chi connectivity index (χ1n) is 10.1. The van der Waals surface area contributed by atoms with Crippen molar-refractivity contribution < 1.29 is 4.79 Å². The molecule has 0 bridgehead atoms.